The predicted octanol–water partition coefficient (Wildman–Crippen LogP) is 8.67. The highest BCUT2D eigenvalue weighted by Crippen LogP contribution is 2.45. The number of nitrogens with one attached hydrogen (secondary N) is 1. The van der Waals surface area contributed by atoms with E-state index in [0.29, 0.717) is 163 Å². The molecule has 0 unspecified atom stereocenters. The number of methoxy groups -OCH3 is 1. The fourth-order valence-corrected chi connectivity index (χ4v) is 29.8. The molecule has 12 aliphatic heterocycles. The van der Waals surface area contributed by atoms with Crippen LogP contribution >= 0.6 is 0 Å². The van der Waals surface area contributed by atoms with Crippen LogP contribution in [0.3, 0.4) is 0 Å². The number of sulfonamides is 5. The molecule has 1 amide bonds. The maximum Gasteiger partial charge on any atom is 0.335 e. The van der Waals surface area contributed by atoms with Gasteiger partial charge in [-0.3, -0.25) is 43.5 Å². The number of carbonyl (C=O) groups excluding carboxylic acids is 5. The van der Waals surface area contributed by atoms with Crippen molar-refractivity contribution < 1.29 is 118 Å². The first kappa shape index (κ1) is 118. The van der Waals surface area contributed by atoms with Gasteiger partial charge in [-0.15, -0.1) is 0 Å². The largest absolute Gasteiger partial charge is 0.497 e. The lowest BCUT2D eigenvalue weighted by atomic mass is 9.96. The zero-order valence-corrected chi connectivity index (χ0v) is 91.6. The molecule has 39 nitrogen and oxygen atoms in total. The Kier molecular flexibility index (Phi) is 41.8. The zero-order chi connectivity index (χ0) is 107. The molecule has 18 rings (SSSR count). The number of amides is 1. The van der Waals surface area contributed by atoms with Crippen molar-refractivity contribution in [3.05, 3.63) is 179 Å². The molecule has 12 fully saturated rings. The standard InChI is InChI=1S/C19H26N2O6S.C19H28N2O4S.C18H28N2O4S.C17H22N2O6S.C15H21N3O.C15H22N2O3S.O2S/c1-3-26-18(23)14-20-10-8-19(9-11-20)21(12-13-27-19)28(24,25)17-6-4-16(5-7-17)15(2)22;1-3-4-11-20-12-9-19(10-13-20)21(14-15-25-19)26(23,24)18-7-5-17(6-8-18)16(2)22;1-3-4-11-19-12-9-18(10-13-19)20(14-15-24-18)25(21,22)17-7-5-16(23-2)6-8-17;1-13(20)14-2-4-15(5-3-14)26(23,24)19-10-11-25-17(19)6-8-18(9-7-17)12-16(21)22;1-17-9-7-15(8-10-17)16-14(19)12-18(15)11-13-5-3-2-4-6-13;1-13-3-5-14(6-4-13)21(18,19)17-11-12-20-15(17)7-9-16(2)10-8-15;1-3-2/h4-7H,3,8-14H2,1-2H3;5-8H,3-4,9-15H2,1-2H3;5-8H,3-4,9-15H2,1-2H3;2-5H,6-12H2,1H3,(H,21,22);2-6H,7-12H2,1H3,(H,16,19);3-6H,7-12H2,1-2H3;. The third-order valence-corrected chi connectivity index (χ3v) is 39.6. The molecular weight excluding hydrogens is 2030 g/mol. The molecule has 2 N–H and O–H groups in total. The molecular formula is C103H147N13O26S6. The summed E-state index contributed by atoms with van der Waals surface area (Å²) in [6.07, 6.45) is 12.8. The molecule has 6 spiro atoms. The number of aliphatic carboxylic acids is 1. The fourth-order valence-electron chi connectivity index (χ4n) is 21.1. The van der Waals surface area contributed by atoms with E-state index in [0.717, 1.165) is 123 Å². The van der Waals surface area contributed by atoms with Crippen LogP contribution in [-0.4, -0.2) is 386 Å². The first-order chi connectivity index (χ1) is 70.5. The highest BCUT2D eigenvalue weighted by Gasteiger charge is 2.57. The van der Waals surface area contributed by atoms with Crippen LogP contribution in [0.15, 0.2) is 176 Å². The summed E-state index contributed by atoms with van der Waals surface area (Å²) in [4.78, 5) is 85.2. The van der Waals surface area contributed by atoms with E-state index in [1.165, 1.54) is 115 Å². The van der Waals surface area contributed by atoms with E-state index in [1.807, 2.05) is 30.0 Å². The number of Topliss-reactive ketones (excluding diaryl/α,β-unsaturated/α-hetero) is 3. The average Bonchev–Trinajstić information content (AvgIpc) is 1.58. The molecule has 0 saturated carbocycles. The van der Waals surface area contributed by atoms with Crippen molar-refractivity contribution >= 4 is 96.9 Å². The Hall–Kier alpha value is -8.57. The minimum absolute atomic E-state index is 0.0602. The maximum absolute atomic E-state index is 13.2. The van der Waals surface area contributed by atoms with E-state index in [9.17, 15) is 70.9 Å². The number of benzene rings is 6. The molecule has 816 valence electrons. The molecule has 12 aliphatic rings. The summed E-state index contributed by atoms with van der Waals surface area (Å²) < 4.78 is 195. The van der Waals surface area contributed by atoms with Crippen LogP contribution in [0, 0.1) is 6.92 Å². The van der Waals surface area contributed by atoms with Crippen molar-refractivity contribution in [2.24, 2.45) is 0 Å². The first-order valence-corrected chi connectivity index (χ1v) is 58.9. The van der Waals surface area contributed by atoms with Gasteiger partial charge in [0.05, 0.1) is 96.5 Å². The fraction of sp³-hybridized carbons (Fsp3) is 0.592. The minimum Gasteiger partial charge on any atom is -0.497 e. The second-order valence-corrected chi connectivity index (χ2v) is 48.8. The number of likely N-dealkylation sites (tertiary alicyclic amines) is 6. The second-order valence-electron chi connectivity index (χ2n) is 39.3. The Morgan fingerprint density at radius 2 is 0.676 bits per heavy atom. The van der Waals surface area contributed by atoms with Crippen LogP contribution in [0.2, 0.25) is 0 Å². The lowest BCUT2D eigenvalue weighted by Crippen LogP contribution is -2.57. The number of hydrogen-bond donors (Lipinski definition) is 2. The number of ether oxygens (including phenoxy) is 7. The van der Waals surface area contributed by atoms with E-state index in [4.69, 9.17) is 46.7 Å². The van der Waals surface area contributed by atoms with Gasteiger partial charge in [0.1, 0.15) is 34.4 Å². The molecule has 0 aliphatic carbocycles. The number of nitrogens with zero attached hydrogens (tertiary/aromatic N) is 12. The van der Waals surface area contributed by atoms with Gasteiger partial charge in [0.15, 0.2) is 17.3 Å². The van der Waals surface area contributed by atoms with E-state index in [1.54, 1.807) is 80.4 Å². The summed E-state index contributed by atoms with van der Waals surface area (Å²) in [5.41, 5.74) is -0.190. The predicted molar refractivity (Wildman–Crippen MR) is 553 cm³/mol. The molecule has 0 aromatic heterocycles. The van der Waals surface area contributed by atoms with Crippen molar-refractivity contribution in [3.8, 4) is 5.75 Å². The number of ketones is 3. The Morgan fingerprint density at radius 3 is 0.966 bits per heavy atom. The Labute approximate surface area is 876 Å². The lowest BCUT2D eigenvalue weighted by molar-refractivity contribution is -0.147. The number of rotatable bonds is 27. The summed E-state index contributed by atoms with van der Waals surface area (Å²) in [5, 5.41) is 12.1. The lowest BCUT2D eigenvalue weighted by Gasteiger charge is -2.43. The Bertz CT molecular complexity index is 6080. The van der Waals surface area contributed by atoms with E-state index >= 15 is 0 Å². The first-order valence-electron chi connectivity index (χ1n) is 51.0. The van der Waals surface area contributed by atoms with E-state index in [2.05, 4.69) is 82.0 Å². The van der Waals surface area contributed by atoms with Gasteiger partial charge in [-0.1, -0.05) is 111 Å². The number of hydrogen-bond acceptors (Lipinski definition) is 32. The molecule has 45 heteroatoms. The number of carboxylic acids is 1. The summed E-state index contributed by atoms with van der Waals surface area (Å²) in [5.74, 6) is -0.672. The second kappa shape index (κ2) is 52.4. The SMILES string of the molecule is CC(=O)c1ccc(S(=O)(=O)N2CCOC23CCN(CC(=O)O)CC3)cc1.CCCCN1CCC2(CC1)OCCN2S(=O)(=O)c1ccc(C(C)=O)cc1.CCCCN1CCC2(CC1)OCCN2S(=O)(=O)c1ccc(OC)cc1.CCOC(=O)CN1CCC2(CC1)OCCN2S(=O)(=O)c1ccc(C(C)=O)cc1.CN1CCC2(CC1)NC(=O)CN2Cc1ccccc1.Cc1ccc(S(=O)(=O)N2CCOC23CCN(C)CC3)cc1.O=S=O. The van der Waals surface area contributed by atoms with Crippen molar-refractivity contribution in [2.75, 3.05) is 205 Å². The van der Waals surface area contributed by atoms with Crippen molar-refractivity contribution in [2.45, 2.75) is 217 Å². The van der Waals surface area contributed by atoms with Crippen molar-refractivity contribution in [1.82, 2.24) is 61.1 Å². The highest BCUT2D eigenvalue weighted by atomic mass is 32.2. The highest BCUT2D eigenvalue weighted by molar-refractivity contribution is 7.90. The minimum atomic E-state index is -3.77. The molecule has 0 bridgehead atoms. The van der Waals surface area contributed by atoms with E-state index in [-0.39, 0.29) is 75.8 Å². The number of unbranched alkanes of at least 4 members (excludes halogenated alkanes) is 2. The maximum atomic E-state index is 13.2. The zero-order valence-electron chi connectivity index (χ0n) is 86.7. The van der Waals surface area contributed by atoms with Crippen molar-refractivity contribution in [3.63, 3.8) is 0 Å². The topological polar surface area (TPSA) is 443 Å². The monoisotopic (exact) mass is 2170 g/mol. The van der Waals surface area contributed by atoms with Crippen LogP contribution in [-0.2, 0) is 111 Å². The van der Waals surface area contributed by atoms with Gasteiger partial charge in [0, 0.05) is 199 Å². The van der Waals surface area contributed by atoms with Crippen LogP contribution in [0.1, 0.15) is 186 Å². The molecule has 12 saturated heterocycles. The molecule has 6 aromatic carbocycles. The van der Waals surface area contributed by atoms with Gasteiger partial charge in [0.2, 0.25) is 56.0 Å². The van der Waals surface area contributed by atoms with Crippen molar-refractivity contribution in [1.29, 1.82) is 0 Å². The summed E-state index contributed by atoms with van der Waals surface area (Å²) in [6, 6.07) is 42.1. The van der Waals surface area contributed by atoms with Gasteiger partial charge in [-0.25, -0.2) is 42.1 Å². The molecule has 6 aromatic rings. The normalized spacial score (nSPS) is 21.5. The summed E-state index contributed by atoms with van der Waals surface area (Å²) in [6.45, 7) is 29.5. The molecule has 12 heterocycles. The number of esters is 1. The van der Waals surface area contributed by atoms with Crippen LogP contribution in [0.5, 0.6) is 5.75 Å². The molecule has 0 radical (unpaired) electrons. The summed E-state index contributed by atoms with van der Waals surface area (Å²) in [7, 11) is -12.5. The van der Waals surface area contributed by atoms with Crippen LogP contribution < -0.4 is 10.1 Å². The third kappa shape index (κ3) is 28.7. The smallest absolute Gasteiger partial charge is 0.335 e. The Balaban J connectivity index is 0.000000157. The number of aryl methyl sites for hydroxylation is 1. The quantitative estimate of drug-likeness (QED) is 0.0359. The van der Waals surface area contributed by atoms with Crippen LogP contribution in [0.4, 0.5) is 0 Å². The third-order valence-electron chi connectivity index (χ3n) is 29.7. The van der Waals surface area contributed by atoms with Gasteiger partial charge in [-0.2, -0.15) is 29.9 Å². The number of carbonyl (C=O) groups is 6. The number of carboxylic acid groups (broad SMARTS) is 1. The summed E-state index contributed by atoms with van der Waals surface area (Å²) >= 11 is -0.750. The van der Waals surface area contributed by atoms with Gasteiger partial charge in [-0.05, 0) is 166 Å². The van der Waals surface area contributed by atoms with Gasteiger partial charge >= 0.3 is 23.5 Å². The average molecular weight is 2180 g/mol. The van der Waals surface area contributed by atoms with Crippen LogP contribution in [0.25, 0.3) is 0 Å². The van der Waals surface area contributed by atoms with Gasteiger partial charge < -0.3 is 63.2 Å². The van der Waals surface area contributed by atoms with Gasteiger partial charge in [0.25, 0.3) is 0 Å². The molecule has 0 atom stereocenters. The Morgan fingerprint density at radius 1 is 0.392 bits per heavy atom. The molecule has 148 heavy (non-hydrogen) atoms. The van der Waals surface area contributed by atoms with E-state index < -0.39 is 96.3 Å². The number of piperidine rings is 6.